The molecule has 0 unspecified atom stereocenters. The predicted octanol–water partition coefficient (Wildman–Crippen LogP) is 4.60. The van der Waals surface area contributed by atoms with E-state index < -0.39 is 30.2 Å². The molecule has 30 heavy (non-hydrogen) atoms. The summed E-state index contributed by atoms with van der Waals surface area (Å²) in [6, 6.07) is 8.83. The maximum atomic E-state index is 13.5. The molecule has 0 radical (unpaired) electrons. The van der Waals surface area contributed by atoms with Crippen molar-refractivity contribution in [1.82, 2.24) is 4.90 Å². The molecule has 0 aliphatic rings. The third-order valence-electron chi connectivity index (χ3n) is 4.56. The summed E-state index contributed by atoms with van der Waals surface area (Å²) in [4.78, 5) is 24.5. The first kappa shape index (κ1) is 23.1. The fourth-order valence-corrected chi connectivity index (χ4v) is 3.14. The van der Waals surface area contributed by atoms with Crippen LogP contribution in [0.15, 0.2) is 36.4 Å². The highest BCUT2D eigenvalue weighted by atomic mass is 19.4. The Morgan fingerprint density at radius 2 is 1.73 bits per heavy atom. The number of carbonyl (C=O) groups is 2. The molecule has 0 saturated carbocycles. The average molecular weight is 425 g/mol. The van der Waals surface area contributed by atoms with E-state index in [-0.39, 0.29) is 17.9 Å². The Morgan fingerprint density at radius 3 is 2.27 bits per heavy atom. The van der Waals surface area contributed by atoms with Crippen LogP contribution >= 0.6 is 0 Å². The topological polar surface area (TPSA) is 76.1 Å². The number of alkyl halides is 3. The molecule has 0 aliphatic carbocycles. The van der Waals surface area contributed by atoms with Crippen molar-refractivity contribution in [3.05, 3.63) is 53.1 Å². The number of hydrogen-bond acceptors (Lipinski definition) is 4. The van der Waals surface area contributed by atoms with Gasteiger partial charge in [0.25, 0.3) is 0 Å². The molecule has 2 aromatic carbocycles. The van der Waals surface area contributed by atoms with Crippen LogP contribution in [0.2, 0.25) is 0 Å². The summed E-state index contributed by atoms with van der Waals surface area (Å²) in [5.74, 6) is -1.43. The number of hydrogen-bond donors (Lipinski definition) is 1. The van der Waals surface area contributed by atoms with Crippen LogP contribution in [-0.4, -0.2) is 42.8 Å². The van der Waals surface area contributed by atoms with Crippen LogP contribution in [0.25, 0.3) is 11.1 Å². The SMILES string of the molecule is CCN(Cc1ccccc1-c1cc(CC(=O)O)c(C(F)(F)F)cc1OC)C(=O)OC. The number of halogens is 3. The van der Waals surface area contributed by atoms with Crippen molar-refractivity contribution in [2.45, 2.75) is 26.1 Å². The van der Waals surface area contributed by atoms with E-state index in [9.17, 15) is 22.8 Å². The van der Waals surface area contributed by atoms with Gasteiger partial charge in [0.2, 0.25) is 0 Å². The molecule has 0 spiro atoms. The van der Waals surface area contributed by atoms with Crippen molar-refractivity contribution in [1.29, 1.82) is 0 Å². The van der Waals surface area contributed by atoms with Gasteiger partial charge in [0.1, 0.15) is 5.75 Å². The largest absolute Gasteiger partial charge is 0.496 e. The molecular weight excluding hydrogens is 403 g/mol. The summed E-state index contributed by atoms with van der Waals surface area (Å²) in [5.41, 5.74) is 0.0352. The molecular formula is C21H22F3NO5. The Kier molecular flexibility index (Phi) is 7.31. The maximum absolute atomic E-state index is 13.5. The number of ether oxygens (including phenoxy) is 2. The maximum Gasteiger partial charge on any atom is 0.416 e. The molecule has 162 valence electrons. The van der Waals surface area contributed by atoms with E-state index in [1.54, 1.807) is 31.2 Å². The van der Waals surface area contributed by atoms with E-state index in [2.05, 4.69) is 0 Å². The lowest BCUT2D eigenvalue weighted by Gasteiger charge is -2.22. The van der Waals surface area contributed by atoms with Gasteiger partial charge in [-0.15, -0.1) is 0 Å². The summed E-state index contributed by atoms with van der Waals surface area (Å²) >= 11 is 0. The van der Waals surface area contributed by atoms with Crippen molar-refractivity contribution >= 4 is 12.1 Å². The molecule has 0 heterocycles. The number of aliphatic carboxylic acids is 1. The smallest absolute Gasteiger partial charge is 0.416 e. The van der Waals surface area contributed by atoms with Gasteiger partial charge in [-0.2, -0.15) is 13.2 Å². The Balaban J connectivity index is 2.66. The Hall–Kier alpha value is -3.23. The highest BCUT2D eigenvalue weighted by Crippen LogP contribution is 2.41. The first-order valence-electron chi connectivity index (χ1n) is 9.03. The summed E-state index contributed by atoms with van der Waals surface area (Å²) in [7, 11) is 2.50. The number of rotatable bonds is 7. The second-order valence-electron chi connectivity index (χ2n) is 6.42. The van der Waals surface area contributed by atoms with Gasteiger partial charge in [-0.3, -0.25) is 4.79 Å². The molecule has 0 aromatic heterocycles. The molecule has 6 nitrogen and oxygen atoms in total. The molecule has 2 rings (SSSR count). The lowest BCUT2D eigenvalue weighted by atomic mass is 9.93. The molecule has 2 aromatic rings. The van der Waals surface area contributed by atoms with E-state index >= 15 is 0 Å². The molecule has 1 amide bonds. The van der Waals surface area contributed by atoms with E-state index in [0.29, 0.717) is 23.2 Å². The number of carboxylic acids is 1. The highest BCUT2D eigenvalue weighted by Gasteiger charge is 2.35. The lowest BCUT2D eigenvalue weighted by molar-refractivity contribution is -0.139. The Bertz CT molecular complexity index is 927. The number of nitrogens with zero attached hydrogens (tertiary/aromatic N) is 1. The molecule has 9 heteroatoms. The molecule has 0 fully saturated rings. The fraction of sp³-hybridized carbons (Fsp3) is 0.333. The zero-order chi connectivity index (χ0) is 22.5. The number of amides is 1. The number of carbonyl (C=O) groups excluding carboxylic acids is 1. The second-order valence-corrected chi connectivity index (χ2v) is 6.42. The predicted molar refractivity (Wildman–Crippen MR) is 103 cm³/mol. The Morgan fingerprint density at radius 1 is 1.07 bits per heavy atom. The van der Waals surface area contributed by atoms with E-state index in [4.69, 9.17) is 14.6 Å². The van der Waals surface area contributed by atoms with Crippen LogP contribution in [-0.2, 0) is 28.7 Å². The third-order valence-corrected chi connectivity index (χ3v) is 4.56. The summed E-state index contributed by atoms with van der Waals surface area (Å²) in [6.45, 7) is 2.27. The third kappa shape index (κ3) is 5.22. The van der Waals surface area contributed by atoms with Crippen LogP contribution in [0.3, 0.4) is 0 Å². The molecule has 0 atom stereocenters. The van der Waals surface area contributed by atoms with Crippen molar-refractivity contribution in [2.24, 2.45) is 0 Å². The minimum absolute atomic E-state index is 0.0509. The summed E-state index contributed by atoms with van der Waals surface area (Å²) < 4.78 is 50.4. The summed E-state index contributed by atoms with van der Waals surface area (Å²) in [6.07, 6.45) is -6.07. The van der Waals surface area contributed by atoms with E-state index in [1.807, 2.05) is 0 Å². The van der Waals surface area contributed by atoms with Crippen molar-refractivity contribution in [3.63, 3.8) is 0 Å². The standard InChI is InChI=1S/C21H22F3NO5/c1-4-25(20(28)30-3)12-13-7-5-6-8-15(13)16-9-14(10-19(26)27)17(21(22,23)24)11-18(16)29-2/h5-9,11H,4,10,12H2,1-3H3,(H,26,27). The van der Waals surface area contributed by atoms with E-state index in [1.165, 1.54) is 25.2 Å². The highest BCUT2D eigenvalue weighted by molar-refractivity contribution is 5.78. The van der Waals surface area contributed by atoms with Crippen LogP contribution in [0.1, 0.15) is 23.6 Å². The molecule has 0 aliphatic heterocycles. The van der Waals surface area contributed by atoms with Gasteiger partial charge in [-0.1, -0.05) is 24.3 Å². The second kappa shape index (κ2) is 9.51. The van der Waals surface area contributed by atoms with Crippen molar-refractivity contribution in [3.8, 4) is 16.9 Å². The van der Waals surface area contributed by atoms with Crippen LogP contribution < -0.4 is 4.74 Å². The van der Waals surface area contributed by atoms with Gasteiger partial charge < -0.3 is 19.5 Å². The molecule has 0 bridgehead atoms. The Labute approximate surface area is 171 Å². The van der Waals surface area contributed by atoms with Crippen LogP contribution in [0, 0.1) is 0 Å². The molecule has 0 saturated heterocycles. The van der Waals surface area contributed by atoms with Gasteiger partial charge >= 0.3 is 18.2 Å². The van der Waals surface area contributed by atoms with Gasteiger partial charge in [-0.05, 0) is 35.7 Å². The number of carboxylic acid groups (broad SMARTS) is 1. The monoisotopic (exact) mass is 425 g/mol. The first-order chi connectivity index (χ1) is 14.1. The quantitative estimate of drug-likeness (QED) is 0.702. The molecule has 1 N–H and O–H groups in total. The van der Waals surface area contributed by atoms with Crippen LogP contribution in [0.5, 0.6) is 5.75 Å². The first-order valence-corrected chi connectivity index (χ1v) is 9.03. The minimum atomic E-state index is -4.74. The fourth-order valence-electron chi connectivity index (χ4n) is 3.14. The zero-order valence-electron chi connectivity index (χ0n) is 16.7. The zero-order valence-corrected chi connectivity index (χ0v) is 16.7. The minimum Gasteiger partial charge on any atom is -0.496 e. The van der Waals surface area contributed by atoms with Crippen molar-refractivity contribution < 1.29 is 37.3 Å². The lowest BCUT2D eigenvalue weighted by Crippen LogP contribution is -2.30. The van der Waals surface area contributed by atoms with Gasteiger partial charge in [0, 0.05) is 18.7 Å². The van der Waals surface area contributed by atoms with Gasteiger partial charge in [0.15, 0.2) is 0 Å². The van der Waals surface area contributed by atoms with Crippen LogP contribution in [0.4, 0.5) is 18.0 Å². The van der Waals surface area contributed by atoms with Crippen molar-refractivity contribution in [2.75, 3.05) is 20.8 Å². The number of methoxy groups -OCH3 is 2. The average Bonchev–Trinajstić information content (AvgIpc) is 2.70. The van der Waals surface area contributed by atoms with Gasteiger partial charge in [0.05, 0.1) is 26.2 Å². The summed E-state index contributed by atoms with van der Waals surface area (Å²) in [5, 5.41) is 9.08. The normalized spacial score (nSPS) is 11.1. The number of benzene rings is 2. The van der Waals surface area contributed by atoms with Gasteiger partial charge in [-0.25, -0.2) is 4.79 Å². The van der Waals surface area contributed by atoms with E-state index in [0.717, 1.165) is 6.07 Å².